The summed E-state index contributed by atoms with van der Waals surface area (Å²) in [5, 5.41) is 21.7. The molecule has 1 aliphatic rings. The van der Waals surface area contributed by atoms with Crippen LogP contribution in [0.4, 0.5) is 0 Å². The molecular formula is C16H21N3O2. The molecule has 0 bridgehead atoms. The molecule has 0 aromatic heterocycles. The van der Waals surface area contributed by atoms with E-state index in [4.69, 9.17) is 5.26 Å². The molecule has 1 atom stereocenters. The molecule has 2 N–H and O–H groups in total. The van der Waals surface area contributed by atoms with E-state index < -0.39 is 5.60 Å². The summed E-state index contributed by atoms with van der Waals surface area (Å²) in [5.74, 6) is -0.0336. The molecule has 5 nitrogen and oxygen atoms in total. The molecule has 1 aromatic rings. The van der Waals surface area contributed by atoms with Crippen LogP contribution in [0.3, 0.4) is 0 Å². The third-order valence-electron chi connectivity index (χ3n) is 3.94. The van der Waals surface area contributed by atoms with Crippen LogP contribution in [0.25, 0.3) is 0 Å². The Morgan fingerprint density at radius 1 is 1.43 bits per heavy atom. The van der Waals surface area contributed by atoms with Crippen molar-refractivity contribution >= 4 is 5.91 Å². The first-order chi connectivity index (χ1) is 10.0. The van der Waals surface area contributed by atoms with Crippen molar-refractivity contribution in [2.24, 2.45) is 0 Å². The quantitative estimate of drug-likeness (QED) is 0.816. The number of nitriles is 1. The number of nitrogens with zero attached hydrogens (tertiary/aromatic N) is 2. The van der Waals surface area contributed by atoms with E-state index in [9.17, 15) is 9.90 Å². The van der Waals surface area contributed by atoms with Crippen LogP contribution in [0.15, 0.2) is 30.3 Å². The highest BCUT2D eigenvalue weighted by Gasteiger charge is 2.32. The van der Waals surface area contributed by atoms with Gasteiger partial charge < -0.3 is 10.4 Å². The minimum atomic E-state index is -1.22. The monoisotopic (exact) mass is 287 g/mol. The predicted octanol–water partition coefficient (Wildman–Crippen LogP) is 1.21. The molecule has 21 heavy (non-hydrogen) atoms. The molecule has 0 unspecified atom stereocenters. The molecule has 2 rings (SSSR count). The number of nitrogens with one attached hydrogen (secondary N) is 1. The van der Waals surface area contributed by atoms with Crippen LogP contribution in [0.2, 0.25) is 0 Å². The van der Waals surface area contributed by atoms with Gasteiger partial charge in [-0.1, -0.05) is 30.3 Å². The first kappa shape index (κ1) is 15.5. The molecule has 0 saturated carbocycles. The van der Waals surface area contributed by atoms with Crippen LogP contribution in [-0.4, -0.2) is 41.1 Å². The molecule has 1 saturated heterocycles. The van der Waals surface area contributed by atoms with Crippen LogP contribution in [0, 0.1) is 11.3 Å². The Morgan fingerprint density at radius 3 is 2.62 bits per heavy atom. The van der Waals surface area contributed by atoms with Gasteiger partial charge in [0.25, 0.3) is 0 Å². The van der Waals surface area contributed by atoms with Crippen molar-refractivity contribution in [1.82, 2.24) is 10.2 Å². The maximum Gasteiger partial charge on any atom is 0.234 e. The number of amides is 1. The molecular weight excluding hydrogens is 266 g/mol. The minimum Gasteiger partial charge on any atom is -0.375 e. The van der Waals surface area contributed by atoms with Crippen LogP contribution in [-0.2, 0) is 4.79 Å². The van der Waals surface area contributed by atoms with Crippen molar-refractivity contribution in [3.05, 3.63) is 35.9 Å². The van der Waals surface area contributed by atoms with E-state index in [1.54, 1.807) is 0 Å². The second kappa shape index (κ2) is 6.70. The highest BCUT2D eigenvalue weighted by atomic mass is 16.3. The van der Waals surface area contributed by atoms with E-state index in [0.717, 1.165) is 5.56 Å². The summed E-state index contributed by atoms with van der Waals surface area (Å²) >= 11 is 0. The lowest BCUT2D eigenvalue weighted by atomic mass is 9.93. The van der Waals surface area contributed by atoms with Crippen molar-refractivity contribution < 1.29 is 9.90 Å². The Morgan fingerprint density at radius 2 is 2.05 bits per heavy atom. The fraction of sp³-hybridized carbons (Fsp3) is 0.500. The molecule has 1 fully saturated rings. The first-order valence-corrected chi connectivity index (χ1v) is 7.23. The molecule has 1 aliphatic heterocycles. The van der Waals surface area contributed by atoms with Crippen LogP contribution in [0.5, 0.6) is 0 Å². The summed E-state index contributed by atoms with van der Waals surface area (Å²) in [6, 6.07) is 11.7. The van der Waals surface area contributed by atoms with Crippen molar-refractivity contribution in [1.29, 1.82) is 5.26 Å². The molecule has 0 aliphatic carbocycles. The molecule has 5 heteroatoms. The van der Waals surface area contributed by atoms with Gasteiger partial charge in [0, 0.05) is 25.9 Å². The average molecular weight is 287 g/mol. The Hall–Kier alpha value is -1.90. The largest absolute Gasteiger partial charge is 0.375 e. The smallest absolute Gasteiger partial charge is 0.234 e. The summed E-state index contributed by atoms with van der Waals surface area (Å²) < 4.78 is 0. The van der Waals surface area contributed by atoms with E-state index in [1.807, 2.05) is 48.2 Å². The maximum absolute atomic E-state index is 12.0. The van der Waals surface area contributed by atoms with Gasteiger partial charge in [-0.15, -0.1) is 0 Å². The summed E-state index contributed by atoms with van der Waals surface area (Å²) in [6.45, 7) is 3.39. The van der Waals surface area contributed by atoms with Gasteiger partial charge in [-0.05, 0) is 12.5 Å². The van der Waals surface area contributed by atoms with Crippen molar-refractivity contribution in [3.63, 3.8) is 0 Å². The molecule has 0 radical (unpaired) electrons. The van der Waals surface area contributed by atoms with E-state index in [-0.39, 0.29) is 11.9 Å². The molecule has 112 valence electrons. The lowest BCUT2D eigenvalue weighted by Crippen LogP contribution is -2.47. The van der Waals surface area contributed by atoms with Gasteiger partial charge in [-0.25, -0.2) is 0 Å². The number of rotatable bonds is 4. The highest BCUT2D eigenvalue weighted by molar-refractivity contribution is 5.78. The number of likely N-dealkylation sites (tertiary alicyclic amines) is 1. The lowest BCUT2D eigenvalue weighted by Gasteiger charge is -2.33. The van der Waals surface area contributed by atoms with E-state index in [1.165, 1.54) is 0 Å². The van der Waals surface area contributed by atoms with Crippen molar-refractivity contribution in [2.75, 3.05) is 19.6 Å². The molecule has 1 heterocycles. The highest BCUT2D eigenvalue weighted by Crippen LogP contribution is 2.20. The summed E-state index contributed by atoms with van der Waals surface area (Å²) in [6.07, 6.45) is 0.788. The zero-order valence-corrected chi connectivity index (χ0v) is 12.2. The number of carbonyl (C=O) groups excluding carboxylic acids is 1. The Labute approximate surface area is 125 Å². The topological polar surface area (TPSA) is 76.4 Å². The van der Waals surface area contributed by atoms with E-state index in [2.05, 4.69) is 5.32 Å². The third kappa shape index (κ3) is 4.28. The minimum absolute atomic E-state index is 0.0282. The second-order valence-corrected chi connectivity index (χ2v) is 5.62. The Balaban J connectivity index is 1.80. The van der Waals surface area contributed by atoms with Gasteiger partial charge in [0.1, 0.15) is 0 Å². The van der Waals surface area contributed by atoms with Crippen molar-refractivity contribution in [3.8, 4) is 6.07 Å². The van der Waals surface area contributed by atoms with Crippen LogP contribution < -0.4 is 5.32 Å². The van der Waals surface area contributed by atoms with Gasteiger partial charge in [0.2, 0.25) is 5.91 Å². The summed E-state index contributed by atoms with van der Waals surface area (Å²) in [4.78, 5) is 14.0. The molecule has 1 aromatic carbocycles. The zero-order chi connectivity index (χ0) is 15.3. The van der Waals surface area contributed by atoms with Crippen LogP contribution in [0.1, 0.15) is 31.4 Å². The number of hydrogen-bond donors (Lipinski definition) is 2. The standard InChI is InChI=1S/C16H21N3O2/c1-13(14-5-3-2-4-6-14)18-15(20)11-19-9-7-16(21,12-17)8-10-19/h2-6,13,21H,7-11H2,1H3,(H,18,20)/t13-/m1/s1. The summed E-state index contributed by atoms with van der Waals surface area (Å²) in [5.41, 5.74) is -0.145. The van der Waals surface area contributed by atoms with Gasteiger partial charge in [0.05, 0.1) is 18.7 Å². The van der Waals surface area contributed by atoms with Gasteiger partial charge in [0.15, 0.2) is 5.60 Å². The lowest BCUT2D eigenvalue weighted by molar-refractivity contribution is -0.123. The van der Waals surface area contributed by atoms with E-state index in [0.29, 0.717) is 32.5 Å². The number of carbonyl (C=O) groups is 1. The fourth-order valence-corrected chi connectivity index (χ4v) is 2.51. The average Bonchev–Trinajstić information content (AvgIpc) is 2.50. The number of aliphatic hydroxyl groups is 1. The van der Waals surface area contributed by atoms with Gasteiger partial charge in [-0.3, -0.25) is 9.69 Å². The third-order valence-corrected chi connectivity index (χ3v) is 3.94. The number of piperidine rings is 1. The van der Waals surface area contributed by atoms with Gasteiger partial charge in [-0.2, -0.15) is 5.26 Å². The zero-order valence-electron chi connectivity index (χ0n) is 12.2. The van der Waals surface area contributed by atoms with Gasteiger partial charge >= 0.3 is 0 Å². The van der Waals surface area contributed by atoms with E-state index >= 15 is 0 Å². The Bertz CT molecular complexity index is 516. The maximum atomic E-state index is 12.0. The SMILES string of the molecule is C[C@@H](NC(=O)CN1CCC(O)(C#N)CC1)c1ccccc1. The normalized spacial score (nSPS) is 19.5. The Kier molecular flexibility index (Phi) is 4.94. The molecule has 0 spiro atoms. The number of benzene rings is 1. The summed E-state index contributed by atoms with van der Waals surface area (Å²) in [7, 11) is 0. The molecule has 1 amide bonds. The van der Waals surface area contributed by atoms with Crippen LogP contribution >= 0.6 is 0 Å². The number of hydrogen-bond acceptors (Lipinski definition) is 4. The fourth-order valence-electron chi connectivity index (χ4n) is 2.51. The van der Waals surface area contributed by atoms with Crippen molar-refractivity contribution in [2.45, 2.75) is 31.4 Å². The first-order valence-electron chi connectivity index (χ1n) is 7.23. The predicted molar refractivity (Wildman–Crippen MR) is 79.2 cm³/mol. The second-order valence-electron chi connectivity index (χ2n) is 5.62.